The molecule has 2 amide bonds. The summed E-state index contributed by atoms with van der Waals surface area (Å²) in [6.45, 7) is 8.59. The fourth-order valence-corrected chi connectivity index (χ4v) is 4.79. The van der Waals surface area contributed by atoms with Crippen molar-refractivity contribution in [3.63, 3.8) is 0 Å². The summed E-state index contributed by atoms with van der Waals surface area (Å²) >= 11 is 7.43. The first-order chi connectivity index (χ1) is 16.8. The highest BCUT2D eigenvalue weighted by molar-refractivity contribution is 7.17. The number of amides is 2. The molecule has 35 heavy (non-hydrogen) atoms. The van der Waals surface area contributed by atoms with Crippen molar-refractivity contribution in [2.75, 3.05) is 23.7 Å². The first-order valence-corrected chi connectivity index (χ1v) is 12.4. The van der Waals surface area contributed by atoms with Crippen molar-refractivity contribution in [2.24, 2.45) is 0 Å². The Balaban J connectivity index is 1.42. The number of nitrogens with one attached hydrogen (secondary N) is 2. The Hall–Kier alpha value is -3.43. The molecule has 182 valence electrons. The van der Waals surface area contributed by atoms with E-state index in [-0.39, 0.29) is 17.9 Å². The monoisotopic (exact) mass is 511 g/mol. The zero-order valence-electron chi connectivity index (χ0n) is 19.5. The number of thiazole rings is 1. The Morgan fingerprint density at radius 1 is 1.31 bits per heavy atom. The Bertz CT molecular complexity index is 1240. The predicted octanol–water partition coefficient (Wildman–Crippen LogP) is 5.36. The number of carbonyl (C=O) groups excluding carboxylic acids is 2. The van der Waals surface area contributed by atoms with Crippen LogP contribution >= 0.6 is 22.9 Å². The van der Waals surface area contributed by atoms with Crippen LogP contribution in [-0.2, 0) is 4.79 Å². The Morgan fingerprint density at radius 2 is 2.14 bits per heavy atom. The van der Waals surface area contributed by atoms with Gasteiger partial charge in [0.1, 0.15) is 16.8 Å². The molecule has 1 saturated heterocycles. The third kappa shape index (κ3) is 6.17. The molecule has 1 aliphatic rings. The van der Waals surface area contributed by atoms with Crippen molar-refractivity contribution < 1.29 is 14.3 Å². The smallest absolute Gasteiger partial charge is 0.267 e. The minimum atomic E-state index is -0.288. The van der Waals surface area contributed by atoms with Crippen LogP contribution in [-0.4, -0.2) is 45.9 Å². The highest BCUT2D eigenvalue weighted by Gasteiger charge is 2.24. The van der Waals surface area contributed by atoms with Crippen molar-refractivity contribution in [1.82, 2.24) is 14.9 Å². The van der Waals surface area contributed by atoms with Crippen LogP contribution in [0.15, 0.2) is 49.2 Å². The highest BCUT2D eigenvalue weighted by Crippen LogP contribution is 2.28. The molecular weight excluding hydrogens is 486 g/mol. The van der Waals surface area contributed by atoms with E-state index in [0.29, 0.717) is 45.5 Å². The number of hydrogen-bond acceptors (Lipinski definition) is 7. The molecule has 4 rings (SSSR count). The first-order valence-electron chi connectivity index (χ1n) is 11.2. The number of ether oxygens (including phenoxy) is 1. The Morgan fingerprint density at radius 3 is 2.91 bits per heavy atom. The SMILES string of the molecule is C=CC(=O)N1CCC[C@H](Oc2cc(C)cc(Nc3ncc(C(=O)Nc4c(C)cccc4Cl)s3)n2)C1. The molecule has 0 unspecified atom stereocenters. The van der Waals surface area contributed by atoms with E-state index in [1.54, 1.807) is 11.0 Å². The molecule has 10 heteroatoms. The van der Waals surface area contributed by atoms with Crippen LogP contribution in [0.2, 0.25) is 5.02 Å². The number of hydrogen-bond donors (Lipinski definition) is 2. The number of carbonyl (C=O) groups is 2. The van der Waals surface area contributed by atoms with E-state index in [9.17, 15) is 9.59 Å². The summed E-state index contributed by atoms with van der Waals surface area (Å²) in [4.78, 5) is 35.7. The van der Waals surface area contributed by atoms with E-state index in [2.05, 4.69) is 27.2 Å². The second-order valence-electron chi connectivity index (χ2n) is 8.28. The second-order valence-corrected chi connectivity index (χ2v) is 9.72. The van der Waals surface area contributed by atoms with Crippen LogP contribution in [0.25, 0.3) is 0 Å². The van der Waals surface area contributed by atoms with Crippen LogP contribution in [0, 0.1) is 13.8 Å². The van der Waals surface area contributed by atoms with Crippen molar-refractivity contribution in [1.29, 1.82) is 0 Å². The van der Waals surface area contributed by atoms with E-state index < -0.39 is 0 Å². The summed E-state index contributed by atoms with van der Waals surface area (Å²) in [5.41, 5.74) is 2.41. The number of piperidine rings is 1. The molecule has 0 bridgehead atoms. The van der Waals surface area contributed by atoms with Gasteiger partial charge in [0.2, 0.25) is 11.8 Å². The number of aryl methyl sites for hydroxylation is 2. The minimum absolute atomic E-state index is 0.0915. The van der Waals surface area contributed by atoms with Gasteiger partial charge in [0.15, 0.2) is 5.13 Å². The third-order valence-corrected chi connectivity index (χ3v) is 6.75. The van der Waals surface area contributed by atoms with Gasteiger partial charge in [-0.05, 0) is 56.0 Å². The summed E-state index contributed by atoms with van der Waals surface area (Å²) in [6, 6.07) is 9.17. The van der Waals surface area contributed by atoms with Crippen LogP contribution in [0.3, 0.4) is 0 Å². The summed E-state index contributed by atoms with van der Waals surface area (Å²) in [7, 11) is 0. The van der Waals surface area contributed by atoms with Crippen LogP contribution in [0.1, 0.15) is 33.6 Å². The molecule has 8 nitrogen and oxygen atoms in total. The average molecular weight is 512 g/mol. The number of halogens is 1. The quantitative estimate of drug-likeness (QED) is 0.414. The number of anilines is 3. The van der Waals surface area contributed by atoms with Gasteiger partial charge in [-0.25, -0.2) is 4.98 Å². The number of para-hydroxylation sites is 1. The molecule has 1 atom stereocenters. The van der Waals surface area contributed by atoms with Gasteiger partial charge in [-0.3, -0.25) is 9.59 Å². The standard InChI is InChI=1S/C25H26ClN5O3S/c1-4-22(32)31-10-6-8-17(14-31)34-21-12-15(2)11-20(28-21)29-25-27-13-19(35-25)24(33)30-23-16(3)7-5-9-18(23)26/h4-5,7,9,11-13,17H,1,6,8,10,14H2,2-3H3,(H,30,33)(H,27,28,29)/t17-/m0/s1. The van der Waals surface area contributed by atoms with Gasteiger partial charge in [0.05, 0.1) is 23.5 Å². The second kappa shape index (κ2) is 10.9. The molecule has 0 saturated carbocycles. The maximum atomic E-state index is 12.7. The number of nitrogens with zero attached hydrogens (tertiary/aromatic N) is 3. The van der Waals surface area contributed by atoms with Crippen molar-refractivity contribution in [2.45, 2.75) is 32.8 Å². The fourth-order valence-electron chi connectivity index (χ4n) is 3.81. The first kappa shape index (κ1) is 24.7. The lowest BCUT2D eigenvalue weighted by Crippen LogP contribution is -2.43. The average Bonchev–Trinajstić information content (AvgIpc) is 3.29. The molecule has 3 heterocycles. The maximum absolute atomic E-state index is 12.7. The largest absolute Gasteiger partial charge is 0.472 e. The molecule has 1 aliphatic heterocycles. The highest BCUT2D eigenvalue weighted by atomic mass is 35.5. The molecule has 3 aromatic rings. The summed E-state index contributed by atoms with van der Waals surface area (Å²) in [5.74, 6) is 0.641. The number of pyridine rings is 1. The Labute approximate surface area is 213 Å². The van der Waals surface area contributed by atoms with Crippen molar-refractivity contribution in [3.8, 4) is 5.88 Å². The van der Waals surface area contributed by atoms with E-state index in [1.165, 1.54) is 23.6 Å². The summed E-state index contributed by atoms with van der Waals surface area (Å²) in [5, 5.41) is 7.01. The number of rotatable bonds is 7. The van der Waals surface area contributed by atoms with Gasteiger partial charge in [0, 0.05) is 12.6 Å². The molecule has 0 aliphatic carbocycles. The number of benzene rings is 1. The van der Waals surface area contributed by atoms with Gasteiger partial charge in [-0.1, -0.05) is 41.6 Å². The van der Waals surface area contributed by atoms with Gasteiger partial charge in [-0.2, -0.15) is 4.98 Å². The van der Waals surface area contributed by atoms with E-state index in [1.807, 2.05) is 38.1 Å². The molecule has 2 N–H and O–H groups in total. The van der Waals surface area contributed by atoms with Crippen molar-refractivity contribution >= 4 is 51.4 Å². The Kier molecular flexibility index (Phi) is 7.67. The predicted molar refractivity (Wildman–Crippen MR) is 139 cm³/mol. The van der Waals surface area contributed by atoms with Gasteiger partial charge >= 0.3 is 0 Å². The third-order valence-electron chi connectivity index (χ3n) is 5.52. The zero-order valence-corrected chi connectivity index (χ0v) is 21.1. The van der Waals surface area contributed by atoms with E-state index in [4.69, 9.17) is 16.3 Å². The van der Waals surface area contributed by atoms with Crippen LogP contribution in [0.5, 0.6) is 5.88 Å². The summed E-state index contributed by atoms with van der Waals surface area (Å²) < 4.78 is 6.10. The molecule has 0 radical (unpaired) electrons. The van der Waals surface area contributed by atoms with E-state index in [0.717, 1.165) is 24.0 Å². The molecule has 1 fully saturated rings. The van der Waals surface area contributed by atoms with Crippen LogP contribution in [0.4, 0.5) is 16.6 Å². The number of likely N-dealkylation sites (tertiary alicyclic amines) is 1. The van der Waals surface area contributed by atoms with Gasteiger partial charge in [0.25, 0.3) is 5.91 Å². The zero-order chi connectivity index (χ0) is 24.9. The van der Waals surface area contributed by atoms with Gasteiger partial charge < -0.3 is 20.3 Å². The maximum Gasteiger partial charge on any atom is 0.267 e. The summed E-state index contributed by atoms with van der Waals surface area (Å²) in [6.07, 6.45) is 4.40. The number of aromatic nitrogens is 2. The molecule has 2 aromatic heterocycles. The lowest BCUT2D eigenvalue weighted by Gasteiger charge is -2.32. The normalized spacial score (nSPS) is 15.4. The van der Waals surface area contributed by atoms with Crippen LogP contribution < -0.4 is 15.4 Å². The van der Waals surface area contributed by atoms with Gasteiger partial charge in [-0.15, -0.1) is 0 Å². The lowest BCUT2D eigenvalue weighted by molar-refractivity contribution is -0.128. The minimum Gasteiger partial charge on any atom is -0.472 e. The van der Waals surface area contributed by atoms with Crippen molar-refractivity contribution in [3.05, 3.63) is 70.2 Å². The lowest BCUT2D eigenvalue weighted by atomic mass is 10.1. The molecule has 0 spiro atoms. The van der Waals surface area contributed by atoms with E-state index >= 15 is 0 Å². The fraction of sp³-hybridized carbons (Fsp3) is 0.280. The molecule has 1 aromatic carbocycles. The topological polar surface area (TPSA) is 96.5 Å². The molecular formula is C25H26ClN5O3S.